The molecule has 116 valence electrons. The number of benzene rings is 4. The summed E-state index contributed by atoms with van der Waals surface area (Å²) in [6.07, 6.45) is 2.00. The number of anilines is 1. The minimum Gasteiger partial charge on any atom is -0.507 e. The van der Waals surface area contributed by atoms with Gasteiger partial charge in [-0.3, -0.25) is 0 Å². The number of nitrogens with two attached hydrogens (primary N) is 1. The predicted molar refractivity (Wildman–Crippen MR) is 100 cm³/mol. The largest absolute Gasteiger partial charge is 0.507 e. The molecule has 1 aliphatic rings. The Morgan fingerprint density at radius 3 is 1.88 bits per heavy atom. The molecule has 0 aliphatic heterocycles. The Balaban J connectivity index is 2.06. The Labute approximate surface area is 140 Å². The molecule has 3 N–H and O–H groups in total. The second kappa shape index (κ2) is 4.75. The first kappa shape index (κ1) is 13.4. The first-order chi connectivity index (χ1) is 11.7. The molecule has 2 heteroatoms. The van der Waals surface area contributed by atoms with E-state index in [1.807, 2.05) is 12.1 Å². The van der Waals surface area contributed by atoms with Gasteiger partial charge in [0.05, 0.1) is 0 Å². The Morgan fingerprint density at radius 2 is 1.21 bits per heavy atom. The summed E-state index contributed by atoms with van der Waals surface area (Å²) in [5, 5.41) is 15.1. The SMILES string of the molecule is Nc1ccc2ccc3cc2c1-c1c(O)ccc2ccc(cc12)CC3. The summed E-state index contributed by atoms with van der Waals surface area (Å²) >= 11 is 0. The van der Waals surface area contributed by atoms with Crippen molar-refractivity contribution < 1.29 is 5.11 Å². The van der Waals surface area contributed by atoms with Crippen molar-refractivity contribution in [3.05, 3.63) is 71.8 Å². The number of phenolic OH excluding ortho intramolecular Hbond substituents is 1. The summed E-state index contributed by atoms with van der Waals surface area (Å²) < 4.78 is 0. The Hall–Kier alpha value is -3.00. The molecule has 0 spiro atoms. The van der Waals surface area contributed by atoms with E-state index in [0.29, 0.717) is 5.69 Å². The molecule has 4 bridgehead atoms. The summed E-state index contributed by atoms with van der Waals surface area (Å²) in [6, 6.07) is 20.8. The van der Waals surface area contributed by atoms with Gasteiger partial charge in [-0.1, -0.05) is 48.5 Å². The second-order valence-corrected chi connectivity index (χ2v) is 6.60. The second-order valence-electron chi connectivity index (χ2n) is 6.60. The lowest BCUT2D eigenvalue weighted by Crippen LogP contribution is -1.98. The minimum absolute atomic E-state index is 0.282. The number of hydrogen-bond donors (Lipinski definition) is 2. The molecule has 0 amide bonds. The molecule has 0 radical (unpaired) electrons. The first-order valence-corrected chi connectivity index (χ1v) is 8.27. The third-order valence-corrected chi connectivity index (χ3v) is 5.13. The predicted octanol–water partition coefficient (Wildman–Crippen LogP) is 5.05. The van der Waals surface area contributed by atoms with Crippen LogP contribution < -0.4 is 5.73 Å². The van der Waals surface area contributed by atoms with Gasteiger partial charge in [0.25, 0.3) is 0 Å². The lowest BCUT2D eigenvalue weighted by Gasteiger charge is -2.18. The van der Waals surface area contributed by atoms with Crippen molar-refractivity contribution in [1.29, 1.82) is 0 Å². The summed E-state index contributed by atoms with van der Waals surface area (Å²) in [5.74, 6) is 0.282. The summed E-state index contributed by atoms with van der Waals surface area (Å²) in [4.78, 5) is 0. The van der Waals surface area contributed by atoms with Gasteiger partial charge in [0, 0.05) is 16.8 Å². The number of aromatic hydroxyl groups is 1. The van der Waals surface area contributed by atoms with Gasteiger partial charge in [0.15, 0.2) is 0 Å². The van der Waals surface area contributed by atoms with Crippen LogP contribution in [0.3, 0.4) is 0 Å². The summed E-state index contributed by atoms with van der Waals surface area (Å²) in [7, 11) is 0. The van der Waals surface area contributed by atoms with Crippen molar-refractivity contribution in [2.24, 2.45) is 0 Å². The molecule has 0 unspecified atom stereocenters. The number of phenols is 1. The molecule has 2 nitrogen and oxygen atoms in total. The zero-order valence-electron chi connectivity index (χ0n) is 13.2. The zero-order valence-corrected chi connectivity index (χ0v) is 13.2. The van der Waals surface area contributed by atoms with E-state index in [1.54, 1.807) is 6.07 Å². The van der Waals surface area contributed by atoms with Gasteiger partial charge in [0.2, 0.25) is 0 Å². The fourth-order valence-electron chi connectivity index (χ4n) is 3.88. The fraction of sp³-hybridized carbons (Fsp3) is 0.0909. The number of hydrogen-bond acceptors (Lipinski definition) is 2. The number of aryl methyl sites for hydroxylation is 2. The van der Waals surface area contributed by atoms with Gasteiger partial charge >= 0.3 is 0 Å². The average molecular weight is 311 g/mol. The first-order valence-electron chi connectivity index (χ1n) is 8.27. The van der Waals surface area contributed by atoms with Crippen molar-refractivity contribution in [3.63, 3.8) is 0 Å². The number of nitrogen functional groups attached to an aromatic ring is 1. The van der Waals surface area contributed by atoms with Gasteiger partial charge in [0.1, 0.15) is 5.75 Å². The highest BCUT2D eigenvalue weighted by atomic mass is 16.3. The normalized spacial score (nSPS) is 13.0. The molecule has 4 aromatic carbocycles. The van der Waals surface area contributed by atoms with Crippen molar-refractivity contribution >= 4 is 27.2 Å². The lowest BCUT2D eigenvalue weighted by atomic mass is 9.88. The molecule has 0 saturated carbocycles. The highest BCUT2D eigenvalue weighted by Crippen LogP contribution is 2.44. The molecule has 0 heterocycles. The Morgan fingerprint density at radius 1 is 0.667 bits per heavy atom. The van der Waals surface area contributed by atoms with Crippen molar-refractivity contribution in [2.45, 2.75) is 12.8 Å². The topological polar surface area (TPSA) is 46.2 Å². The highest BCUT2D eigenvalue weighted by molar-refractivity contribution is 6.11. The van der Waals surface area contributed by atoms with Gasteiger partial charge in [-0.2, -0.15) is 0 Å². The average Bonchev–Trinajstić information content (AvgIpc) is 2.60. The quantitative estimate of drug-likeness (QED) is 0.447. The molecule has 5 rings (SSSR count). The molecule has 4 aromatic rings. The van der Waals surface area contributed by atoms with Crippen molar-refractivity contribution in [2.75, 3.05) is 5.73 Å². The van der Waals surface area contributed by atoms with Crippen molar-refractivity contribution in [1.82, 2.24) is 0 Å². The summed E-state index contributed by atoms with van der Waals surface area (Å²) in [5.41, 5.74) is 11.4. The molecule has 24 heavy (non-hydrogen) atoms. The third-order valence-electron chi connectivity index (χ3n) is 5.13. The van der Waals surface area contributed by atoms with Gasteiger partial charge in [-0.25, -0.2) is 0 Å². The lowest BCUT2D eigenvalue weighted by molar-refractivity contribution is 0.478. The molecular weight excluding hydrogens is 294 g/mol. The van der Waals surface area contributed by atoms with Crippen LogP contribution in [0.2, 0.25) is 0 Å². The van der Waals surface area contributed by atoms with E-state index < -0.39 is 0 Å². The van der Waals surface area contributed by atoms with Crippen LogP contribution in [-0.2, 0) is 12.8 Å². The molecule has 1 aliphatic carbocycles. The standard InChI is InChI=1S/C22H17NO/c23-19-9-7-15-5-3-13-1-2-14-4-6-16-8-10-20(24)22(18(16)12-14)21(19)17(15)11-13/h3-12,24H,1-2,23H2. The van der Waals surface area contributed by atoms with Crippen LogP contribution in [0.15, 0.2) is 60.7 Å². The van der Waals surface area contributed by atoms with Crippen LogP contribution in [0.4, 0.5) is 5.69 Å². The van der Waals surface area contributed by atoms with E-state index in [4.69, 9.17) is 5.73 Å². The monoisotopic (exact) mass is 311 g/mol. The van der Waals surface area contributed by atoms with E-state index in [2.05, 4.69) is 42.5 Å². The van der Waals surface area contributed by atoms with Crippen LogP contribution in [-0.4, -0.2) is 5.11 Å². The van der Waals surface area contributed by atoms with Crippen LogP contribution >= 0.6 is 0 Å². The molecule has 0 aromatic heterocycles. The maximum absolute atomic E-state index is 10.7. The van der Waals surface area contributed by atoms with Gasteiger partial charge in [-0.05, 0) is 57.6 Å². The van der Waals surface area contributed by atoms with Crippen LogP contribution in [0.25, 0.3) is 32.7 Å². The maximum atomic E-state index is 10.7. The van der Waals surface area contributed by atoms with Crippen molar-refractivity contribution in [3.8, 4) is 16.9 Å². The smallest absolute Gasteiger partial charge is 0.124 e. The Kier molecular flexibility index (Phi) is 2.66. The fourth-order valence-corrected chi connectivity index (χ4v) is 3.88. The van der Waals surface area contributed by atoms with E-state index in [1.165, 1.54) is 11.1 Å². The van der Waals surface area contributed by atoms with Gasteiger partial charge < -0.3 is 10.8 Å². The molecule has 0 atom stereocenters. The minimum atomic E-state index is 0.282. The summed E-state index contributed by atoms with van der Waals surface area (Å²) in [6.45, 7) is 0. The van der Waals surface area contributed by atoms with Gasteiger partial charge in [-0.15, -0.1) is 0 Å². The van der Waals surface area contributed by atoms with E-state index in [0.717, 1.165) is 45.5 Å². The third kappa shape index (κ3) is 1.83. The van der Waals surface area contributed by atoms with E-state index >= 15 is 0 Å². The number of fused-ring (bicyclic) bond motifs is 3. The maximum Gasteiger partial charge on any atom is 0.124 e. The molecular formula is C22H17NO. The molecule has 0 fully saturated rings. The molecule has 0 saturated heterocycles. The van der Waals surface area contributed by atoms with Crippen LogP contribution in [0.5, 0.6) is 5.75 Å². The zero-order chi connectivity index (χ0) is 16.3. The Bertz CT molecular complexity index is 1040. The van der Waals surface area contributed by atoms with Crippen LogP contribution in [0.1, 0.15) is 11.1 Å². The van der Waals surface area contributed by atoms with E-state index in [-0.39, 0.29) is 5.75 Å². The van der Waals surface area contributed by atoms with Crippen LogP contribution in [0, 0.1) is 0 Å². The highest BCUT2D eigenvalue weighted by Gasteiger charge is 2.17. The van der Waals surface area contributed by atoms with E-state index in [9.17, 15) is 5.11 Å². The number of rotatable bonds is 0.